The number of nitrogens with one attached hydrogen (secondary N) is 1. The zero-order valence-corrected chi connectivity index (χ0v) is 22.0. The summed E-state index contributed by atoms with van der Waals surface area (Å²) < 4.78 is 14.8. The topological polar surface area (TPSA) is 73.7 Å². The Hall–Kier alpha value is -4.43. The van der Waals surface area contributed by atoms with Crippen LogP contribution in [0.1, 0.15) is 32.6 Å². The van der Waals surface area contributed by atoms with Crippen LogP contribution in [-0.4, -0.2) is 64.6 Å². The maximum absolute atomic E-state index is 14.8. The van der Waals surface area contributed by atoms with Crippen molar-refractivity contribution in [1.82, 2.24) is 19.8 Å². The third-order valence-electron chi connectivity index (χ3n) is 7.26. The van der Waals surface area contributed by atoms with Crippen LogP contribution in [-0.2, 0) is 6.54 Å². The lowest BCUT2D eigenvalue weighted by molar-refractivity contribution is 0.0664. The van der Waals surface area contributed by atoms with E-state index in [9.17, 15) is 9.18 Å². The molecule has 1 amide bonds. The number of carbonyl (C=O) groups is 1. The van der Waals surface area contributed by atoms with E-state index in [1.807, 2.05) is 60.4 Å². The highest BCUT2D eigenvalue weighted by atomic mass is 19.1. The smallest absolute Gasteiger partial charge is 0.253 e. The lowest BCUT2D eigenvalue weighted by atomic mass is 9.93. The number of aliphatic imine (C=N–C) groups is 1. The molecule has 0 spiro atoms. The summed E-state index contributed by atoms with van der Waals surface area (Å²) in [5.74, 6) is 0.180. The summed E-state index contributed by atoms with van der Waals surface area (Å²) in [6.07, 6.45) is 1.77. The van der Waals surface area contributed by atoms with Gasteiger partial charge in [-0.3, -0.25) is 9.79 Å². The highest BCUT2D eigenvalue weighted by Crippen LogP contribution is 2.33. The zero-order chi connectivity index (χ0) is 26.9. The molecule has 3 heterocycles. The van der Waals surface area contributed by atoms with Gasteiger partial charge < -0.3 is 15.1 Å². The van der Waals surface area contributed by atoms with Crippen molar-refractivity contribution in [2.75, 3.05) is 38.5 Å². The Bertz CT molecular complexity index is 1570. The molecule has 1 fully saturated rings. The van der Waals surface area contributed by atoms with E-state index in [4.69, 9.17) is 9.98 Å². The second kappa shape index (κ2) is 10.4. The lowest BCUT2D eigenvalue weighted by Crippen LogP contribution is -2.47. The first-order valence-corrected chi connectivity index (χ1v) is 13.1. The van der Waals surface area contributed by atoms with Crippen molar-refractivity contribution in [1.29, 1.82) is 0 Å². The Balaban J connectivity index is 1.28. The Labute approximate surface area is 227 Å². The summed E-state index contributed by atoms with van der Waals surface area (Å²) in [5, 5.41) is 3.27. The van der Waals surface area contributed by atoms with Crippen LogP contribution < -0.4 is 5.32 Å². The number of rotatable bonds is 4. The predicted octanol–water partition coefficient (Wildman–Crippen LogP) is 5.07. The number of nitrogens with zero attached hydrogens (tertiary/aromatic N) is 5. The van der Waals surface area contributed by atoms with Crippen molar-refractivity contribution in [3.8, 4) is 11.3 Å². The molecule has 1 saturated heterocycles. The maximum Gasteiger partial charge on any atom is 0.253 e. The molecule has 0 saturated carbocycles. The van der Waals surface area contributed by atoms with Crippen molar-refractivity contribution >= 4 is 23.3 Å². The van der Waals surface area contributed by atoms with Crippen molar-refractivity contribution < 1.29 is 9.18 Å². The summed E-state index contributed by atoms with van der Waals surface area (Å²) >= 11 is 0. The number of piperazine rings is 1. The second-order valence-corrected chi connectivity index (χ2v) is 10.1. The molecule has 0 atom stereocenters. The average molecular weight is 521 g/mol. The van der Waals surface area contributed by atoms with Crippen LogP contribution >= 0.6 is 0 Å². The average Bonchev–Trinajstić information content (AvgIpc) is 3.10. The number of aryl methyl sites for hydroxylation is 1. The number of amides is 1. The molecule has 2 aliphatic heterocycles. The SMILES string of the molecule is Cc1ccc2c(c1)C(c1ccccc1F)=NCc1cnc(Nc3ccc(C(=O)N4CCN(C)CC4)cc3)nc1-2. The van der Waals surface area contributed by atoms with Gasteiger partial charge in [-0.15, -0.1) is 0 Å². The minimum Gasteiger partial charge on any atom is -0.336 e. The highest BCUT2D eigenvalue weighted by molar-refractivity contribution is 6.17. The molecule has 6 rings (SSSR count). The standard InChI is InChI=1S/C31H29FN6O/c1-20-7-12-24-26(17-20)29(25-5-3-4-6-27(25)32)33-18-22-19-34-31(36-28(22)24)35-23-10-8-21(9-11-23)30(39)38-15-13-37(2)14-16-38/h3-12,17,19H,13-16,18H2,1-2H3,(H,34,35,36). The molecule has 0 unspecified atom stereocenters. The monoisotopic (exact) mass is 520 g/mol. The fraction of sp³-hybridized carbons (Fsp3) is 0.226. The van der Waals surface area contributed by atoms with Gasteiger partial charge in [0.1, 0.15) is 5.82 Å². The van der Waals surface area contributed by atoms with Gasteiger partial charge in [0.15, 0.2) is 0 Å². The molecule has 4 aromatic rings. The molecule has 1 aromatic heterocycles. The molecule has 2 aliphatic rings. The van der Waals surface area contributed by atoms with Gasteiger partial charge in [-0.1, -0.05) is 29.8 Å². The maximum atomic E-state index is 14.8. The van der Waals surface area contributed by atoms with Crippen molar-refractivity contribution in [2.24, 2.45) is 4.99 Å². The van der Waals surface area contributed by atoms with Gasteiger partial charge in [0.25, 0.3) is 5.91 Å². The van der Waals surface area contributed by atoms with E-state index >= 15 is 0 Å². The van der Waals surface area contributed by atoms with E-state index in [-0.39, 0.29) is 11.7 Å². The van der Waals surface area contributed by atoms with Gasteiger partial charge in [0.05, 0.1) is 18.0 Å². The largest absolute Gasteiger partial charge is 0.336 e. The fourth-order valence-electron chi connectivity index (χ4n) is 5.03. The van der Waals surface area contributed by atoms with Gasteiger partial charge in [-0.25, -0.2) is 14.4 Å². The zero-order valence-electron chi connectivity index (χ0n) is 22.0. The lowest BCUT2D eigenvalue weighted by Gasteiger charge is -2.32. The van der Waals surface area contributed by atoms with Gasteiger partial charge >= 0.3 is 0 Å². The van der Waals surface area contributed by atoms with Crippen LogP contribution in [0.25, 0.3) is 11.3 Å². The normalized spacial score (nSPS) is 15.2. The first-order chi connectivity index (χ1) is 19.0. The van der Waals surface area contributed by atoms with Gasteiger partial charge in [0, 0.05) is 65.9 Å². The van der Waals surface area contributed by atoms with E-state index in [1.54, 1.807) is 18.3 Å². The molecule has 196 valence electrons. The fourth-order valence-corrected chi connectivity index (χ4v) is 5.03. The minimum atomic E-state index is -0.308. The Morgan fingerprint density at radius 1 is 0.923 bits per heavy atom. The quantitative estimate of drug-likeness (QED) is 0.407. The Kier molecular flexibility index (Phi) is 6.62. The Morgan fingerprint density at radius 2 is 1.69 bits per heavy atom. The minimum absolute atomic E-state index is 0.0495. The van der Waals surface area contributed by atoms with Gasteiger partial charge in [0.2, 0.25) is 5.95 Å². The number of benzene rings is 3. The van der Waals surface area contributed by atoms with E-state index in [2.05, 4.69) is 22.2 Å². The van der Waals surface area contributed by atoms with Crippen LogP contribution in [0, 0.1) is 12.7 Å². The van der Waals surface area contributed by atoms with Gasteiger partial charge in [-0.05, 0) is 56.4 Å². The van der Waals surface area contributed by atoms with Crippen LogP contribution in [0.3, 0.4) is 0 Å². The summed E-state index contributed by atoms with van der Waals surface area (Å²) in [6.45, 7) is 5.60. The molecular weight excluding hydrogens is 491 g/mol. The molecule has 1 N–H and O–H groups in total. The van der Waals surface area contributed by atoms with Crippen LogP contribution in [0.2, 0.25) is 0 Å². The number of aromatic nitrogens is 2. The van der Waals surface area contributed by atoms with Crippen molar-refractivity contribution in [2.45, 2.75) is 13.5 Å². The summed E-state index contributed by atoms with van der Waals surface area (Å²) in [5.41, 5.74) is 6.93. The van der Waals surface area contributed by atoms with Crippen LogP contribution in [0.15, 0.2) is 77.9 Å². The highest BCUT2D eigenvalue weighted by Gasteiger charge is 2.23. The number of fused-ring (bicyclic) bond motifs is 3. The Morgan fingerprint density at radius 3 is 2.46 bits per heavy atom. The molecular formula is C31H29FN6O. The molecule has 3 aromatic carbocycles. The number of hydrogen-bond acceptors (Lipinski definition) is 6. The predicted molar refractivity (Wildman–Crippen MR) is 151 cm³/mol. The van der Waals surface area contributed by atoms with E-state index in [1.165, 1.54) is 6.07 Å². The molecule has 39 heavy (non-hydrogen) atoms. The number of carbonyl (C=O) groups excluding carboxylic acids is 1. The van der Waals surface area contributed by atoms with Crippen LogP contribution in [0.4, 0.5) is 16.0 Å². The number of likely N-dealkylation sites (N-methyl/N-ethyl adjacent to an activating group) is 1. The number of halogens is 1. The summed E-state index contributed by atoms with van der Waals surface area (Å²) in [4.78, 5) is 31.2. The van der Waals surface area contributed by atoms with E-state index in [0.717, 1.165) is 59.8 Å². The molecule has 0 bridgehead atoms. The van der Waals surface area contributed by atoms with Crippen molar-refractivity contribution in [3.63, 3.8) is 0 Å². The third kappa shape index (κ3) is 5.03. The molecule has 0 aliphatic carbocycles. The molecule has 0 radical (unpaired) electrons. The number of anilines is 2. The van der Waals surface area contributed by atoms with Crippen LogP contribution in [0.5, 0.6) is 0 Å². The second-order valence-electron chi connectivity index (χ2n) is 10.1. The number of hydrogen-bond donors (Lipinski definition) is 1. The van der Waals surface area contributed by atoms with Gasteiger partial charge in [-0.2, -0.15) is 0 Å². The third-order valence-corrected chi connectivity index (χ3v) is 7.26. The summed E-state index contributed by atoms with van der Waals surface area (Å²) in [7, 11) is 2.07. The first-order valence-electron chi connectivity index (χ1n) is 13.1. The molecule has 7 nitrogen and oxygen atoms in total. The molecule has 8 heteroatoms. The van der Waals surface area contributed by atoms with E-state index in [0.29, 0.717) is 29.3 Å². The van der Waals surface area contributed by atoms with Crippen molar-refractivity contribution in [3.05, 3.63) is 107 Å². The van der Waals surface area contributed by atoms with E-state index < -0.39 is 0 Å². The first kappa shape index (κ1) is 24.9. The summed E-state index contributed by atoms with van der Waals surface area (Å²) in [6, 6.07) is 20.2.